The van der Waals surface area contributed by atoms with Gasteiger partial charge in [0, 0.05) is 19.5 Å². The van der Waals surface area contributed by atoms with Crippen LogP contribution < -0.4 is 5.32 Å². The topological polar surface area (TPSA) is 41.6 Å². The van der Waals surface area contributed by atoms with Crippen LogP contribution in [0, 0.1) is 5.92 Å². The Morgan fingerprint density at radius 2 is 2.00 bits per heavy atom. The monoisotopic (exact) mass is 324 g/mol. The number of ether oxygens (including phenoxy) is 1. The lowest BCUT2D eigenvalue weighted by Crippen LogP contribution is -2.45. The van der Waals surface area contributed by atoms with Crippen molar-refractivity contribution in [2.75, 3.05) is 26.2 Å². The van der Waals surface area contributed by atoms with E-state index in [-0.39, 0.29) is 18.4 Å². The standard InChI is InChI=1S/C15H27F3N2O2/c1-14(2,3)22-13(21)20-9-4-6-12(11-20)10-19-8-5-7-15(16,17)18/h12,19H,4-11H2,1-3H3. The minimum Gasteiger partial charge on any atom is -0.444 e. The number of halogens is 3. The maximum absolute atomic E-state index is 12.0. The van der Waals surface area contributed by atoms with E-state index >= 15 is 0 Å². The molecule has 1 saturated heterocycles. The largest absolute Gasteiger partial charge is 0.444 e. The predicted molar refractivity (Wildman–Crippen MR) is 78.7 cm³/mol. The number of likely N-dealkylation sites (tertiary alicyclic amines) is 1. The van der Waals surface area contributed by atoms with Crippen molar-refractivity contribution in [1.29, 1.82) is 0 Å². The van der Waals surface area contributed by atoms with Gasteiger partial charge in [-0.2, -0.15) is 13.2 Å². The zero-order valence-corrected chi connectivity index (χ0v) is 13.6. The van der Waals surface area contributed by atoms with Gasteiger partial charge < -0.3 is 15.0 Å². The Bertz CT molecular complexity index is 354. The number of rotatable bonds is 5. The van der Waals surface area contributed by atoms with Crippen molar-refractivity contribution in [3.63, 3.8) is 0 Å². The van der Waals surface area contributed by atoms with Gasteiger partial charge >= 0.3 is 12.3 Å². The lowest BCUT2D eigenvalue weighted by molar-refractivity contribution is -0.135. The summed E-state index contributed by atoms with van der Waals surface area (Å²) < 4.78 is 41.4. The van der Waals surface area contributed by atoms with Gasteiger partial charge in [-0.1, -0.05) is 0 Å². The maximum Gasteiger partial charge on any atom is 0.410 e. The maximum atomic E-state index is 12.0. The fourth-order valence-corrected chi connectivity index (χ4v) is 2.44. The Morgan fingerprint density at radius 3 is 2.59 bits per heavy atom. The molecule has 1 aliphatic heterocycles. The van der Waals surface area contributed by atoms with Crippen LogP contribution in [-0.2, 0) is 4.74 Å². The van der Waals surface area contributed by atoms with E-state index < -0.39 is 18.2 Å². The Kier molecular flexibility index (Phi) is 6.97. The molecular weight excluding hydrogens is 297 g/mol. The van der Waals surface area contributed by atoms with Gasteiger partial charge in [0.25, 0.3) is 0 Å². The van der Waals surface area contributed by atoms with E-state index in [4.69, 9.17) is 4.74 Å². The molecule has 0 aromatic rings. The average Bonchev–Trinajstić information content (AvgIpc) is 2.35. The smallest absolute Gasteiger partial charge is 0.410 e. The van der Waals surface area contributed by atoms with Gasteiger partial charge in [-0.05, 0) is 59.0 Å². The molecule has 0 aromatic heterocycles. The van der Waals surface area contributed by atoms with Gasteiger partial charge in [0.05, 0.1) is 0 Å². The molecule has 1 atom stereocenters. The normalized spacial score (nSPS) is 20.1. The van der Waals surface area contributed by atoms with Crippen LogP contribution in [0.2, 0.25) is 0 Å². The summed E-state index contributed by atoms with van der Waals surface area (Å²) in [5.41, 5.74) is -0.514. The SMILES string of the molecule is CC(C)(C)OC(=O)N1CCCC(CNCCCC(F)(F)F)C1. The minimum absolute atomic E-state index is 0.0893. The molecule has 130 valence electrons. The summed E-state index contributed by atoms with van der Waals surface area (Å²) in [4.78, 5) is 13.7. The van der Waals surface area contributed by atoms with Crippen molar-refractivity contribution in [2.45, 2.75) is 58.2 Å². The lowest BCUT2D eigenvalue weighted by atomic mass is 9.98. The summed E-state index contributed by atoms with van der Waals surface area (Å²) in [5, 5.41) is 3.06. The van der Waals surface area contributed by atoms with Gasteiger partial charge in [0.1, 0.15) is 5.60 Å². The van der Waals surface area contributed by atoms with E-state index in [0.29, 0.717) is 26.2 Å². The van der Waals surface area contributed by atoms with Crippen molar-refractivity contribution < 1.29 is 22.7 Å². The van der Waals surface area contributed by atoms with Crippen molar-refractivity contribution in [3.05, 3.63) is 0 Å². The number of carbonyl (C=O) groups excluding carboxylic acids is 1. The first-order chi connectivity index (χ1) is 10.1. The summed E-state index contributed by atoms with van der Waals surface area (Å²) in [7, 11) is 0. The molecule has 0 radical (unpaired) electrons. The molecule has 7 heteroatoms. The number of piperidine rings is 1. The quantitative estimate of drug-likeness (QED) is 0.786. The van der Waals surface area contributed by atoms with Gasteiger partial charge in [0.2, 0.25) is 0 Å². The Hall–Kier alpha value is -0.980. The molecule has 1 heterocycles. The third-order valence-electron chi connectivity index (χ3n) is 3.42. The number of nitrogens with zero attached hydrogens (tertiary/aromatic N) is 1. The molecule has 1 unspecified atom stereocenters. The van der Waals surface area contributed by atoms with Gasteiger partial charge in [0.15, 0.2) is 0 Å². The highest BCUT2D eigenvalue weighted by atomic mass is 19.4. The molecule has 0 aromatic carbocycles. The number of nitrogens with one attached hydrogen (secondary N) is 1. The molecule has 22 heavy (non-hydrogen) atoms. The first-order valence-corrected chi connectivity index (χ1v) is 7.82. The fraction of sp³-hybridized carbons (Fsp3) is 0.933. The molecule has 1 rings (SSSR count). The Labute approximate surface area is 130 Å². The number of hydrogen-bond acceptors (Lipinski definition) is 3. The molecule has 1 fully saturated rings. The second kappa shape index (κ2) is 8.04. The van der Waals surface area contributed by atoms with E-state index in [1.54, 1.807) is 4.90 Å². The van der Waals surface area contributed by atoms with Crippen LogP contribution in [-0.4, -0.2) is 48.9 Å². The van der Waals surface area contributed by atoms with E-state index in [1.807, 2.05) is 20.8 Å². The zero-order chi connectivity index (χ0) is 16.8. The number of hydrogen-bond donors (Lipinski definition) is 1. The predicted octanol–water partition coefficient (Wildman–Crippen LogP) is 3.57. The summed E-state index contributed by atoms with van der Waals surface area (Å²) in [6.45, 7) is 7.75. The Balaban J connectivity index is 2.24. The third kappa shape index (κ3) is 8.46. The molecule has 1 amide bonds. The van der Waals surface area contributed by atoms with E-state index in [9.17, 15) is 18.0 Å². The Morgan fingerprint density at radius 1 is 1.32 bits per heavy atom. The fourth-order valence-electron chi connectivity index (χ4n) is 2.44. The second-order valence-electron chi connectivity index (χ2n) is 6.86. The van der Waals surface area contributed by atoms with Crippen molar-refractivity contribution >= 4 is 6.09 Å². The number of amides is 1. The van der Waals surface area contributed by atoms with E-state index in [1.165, 1.54) is 0 Å². The molecular formula is C15H27F3N2O2. The van der Waals surface area contributed by atoms with Gasteiger partial charge in [-0.3, -0.25) is 0 Å². The van der Waals surface area contributed by atoms with Crippen LogP contribution in [0.25, 0.3) is 0 Å². The van der Waals surface area contributed by atoms with Crippen molar-refractivity contribution in [3.8, 4) is 0 Å². The van der Waals surface area contributed by atoms with Crippen molar-refractivity contribution in [2.24, 2.45) is 5.92 Å². The lowest BCUT2D eigenvalue weighted by Gasteiger charge is -2.34. The zero-order valence-electron chi connectivity index (χ0n) is 13.6. The van der Waals surface area contributed by atoms with Crippen molar-refractivity contribution in [1.82, 2.24) is 10.2 Å². The van der Waals surface area contributed by atoms with Gasteiger partial charge in [-0.15, -0.1) is 0 Å². The van der Waals surface area contributed by atoms with Crippen LogP contribution in [0.5, 0.6) is 0 Å². The molecule has 0 spiro atoms. The molecule has 0 bridgehead atoms. The third-order valence-corrected chi connectivity index (χ3v) is 3.42. The second-order valence-corrected chi connectivity index (χ2v) is 6.86. The molecule has 0 aliphatic carbocycles. The highest BCUT2D eigenvalue weighted by Gasteiger charge is 2.28. The van der Waals surface area contributed by atoms with Crippen LogP contribution in [0.3, 0.4) is 0 Å². The first-order valence-electron chi connectivity index (χ1n) is 7.82. The summed E-state index contributed by atoms with van der Waals surface area (Å²) in [6, 6.07) is 0. The molecule has 0 saturated carbocycles. The first kappa shape index (κ1) is 19.1. The molecule has 1 aliphatic rings. The summed E-state index contributed by atoms with van der Waals surface area (Å²) >= 11 is 0. The van der Waals surface area contributed by atoms with E-state index in [2.05, 4.69) is 5.32 Å². The number of carbonyl (C=O) groups is 1. The minimum atomic E-state index is -4.08. The van der Waals surface area contributed by atoms with Crippen LogP contribution >= 0.6 is 0 Å². The van der Waals surface area contributed by atoms with Crippen LogP contribution in [0.4, 0.5) is 18.0 Å². The van der Waals surface area contributed by atoms with Crippen LogP contribution in [0.15, 0.2) is 0 Å². The molecule has 4 nitrogen and oxygen atoms in total. The highest BCUT2D eigenvalue weighted by molar-refractivity contribution is 5.68. The van der Waals surface area contributed by atoms with Crippen LogP contribution in [0.1, 0.15) is 46.5 Å². The van der Waals surface area contributed by atoms with Gasteiger partial charge in [-0.25, -0.2) is 4.79 Å². The summed E-state index contributed by atoms with van der Waals surface area (Å²) in [6.07, 6.45) is -3.19. The highest BCUT2D eigenvalue weighted by Crippen LogP contribution is 2.21. The number of alkyl halides is 3. The average molecular weight is 324 g/mol. The van der Waals surface area contributed by atoms with E-state index in [0.717, 1.165) is 12.8 Å². The molecule has 1 N–H and O–H groups in total. The summed E-state index contributed by atoms with van der Waals surface area (Å²) in [5.74, 6) is 0.271.